The standard InChI is InChI=1S/C16H17NO4/c1-19-15(18)11-4-2-3-10-12-9-16(20-7-8-21-16)6-5-13(12)17-14(10)11/h2-4,17H,5-9H2,1H3. The van der Waals surface area contributed by atoms with Crippen molar-refractivity contribution in [1.82, 2.24) is 4.98 Å². The number of aromatic amines is 1. The van der Waals surface area contributed by atoms with Crippen molar-refractivity contribution in [1.29, 1.82) is 0 Å². The summed E-state index contributed by atoms with van der Waals surface area (Å²) in [6.07, 6.45) is 2.44. The summed E-state index contributed by atoms with van der Waals surface area (Å²) in [4.78, 5) is 15.3. The van der Waals surface area contributed by atoms with E-state index in [2.05, 4.69) is 4.98 Å². The third kappa shape index (κ3) is 1.88. The van der Waals surface area contributed by atoms with E-state index in [4.69, 9.17) is 14.2 Å². The molecule has 1 N–H and O–H groups in total. The number of ether oxygens (including phenoxy) is 3. The molecule has 2 aliphatic rings. The number of carbonyl (C=O) groups is 1. The number of methoxy groups -OCH3 is 1. The van der Waals surface area contributed by atoms with Crippen LogP contribution in [0.5, 0.6) is 0 Å². The summed E-state index contributed by atoms with van der Waals surface area (Å²) >= 11 is 0. The molecule has 0 saturated carbocycles. The molecule has 1 aromatic heterocycles. The highest BCUT2D eigenvalue weighted by atomic mass is 16.7. The molecule has 1 fully saturated rings. The van der Waals surface area contributed by atoms with E-state index in [0.29, 0.717) is 18.8 Å². The Morgan fingerprint density at radius 2 is 2.14 bits per heavy atom. The lowest BCUT2D eigenvalue weighted by Gasteiger charge is -2.31. The van der Waals surface area contributed by atoms with Gasteiger partial charge >= 0.3 is 5.97 Å². The molecule has 1 saturated heterocycles. The second kappa shape index (κ2) is 4.58. The van der Waals surface area contributed by atoms with Gasteiger partial charge < -0.3 is 19.2 Å². The highest BCUT2D eigenvalue weighted by Crippen LogP contribution is 2.39. The van der Waals surface area contributed by atoms with Crippen LogP contribution in [0.25, 0.3) is 10.9 Å². The second-order valence-electron chi connectivity index (χ2n) is 5.59. The SMILES string of the molecule is COC(=O)c1cccc2c3c([nH]c12)CCC1(C3)OCCO1. The van der Waals surface area contributed by atoms with Crippen LogP contribution < -0.4 is 0 Å². The van der Waals surface area contributed by atoms with Crippen LogP contribution in [0.2, 0.25) is 0 Å². The van der Waals surface area contributed by atoms with Gasteiger partial charge in [0.2, 0.25) is 0 Å². The third-order valence-electron chi connectivity index (χ3n) is 4.45. The number of aromatic nitrogens is 1. The first-order valence-electron chi connectivity index (χ1n) is 7.21. The summed E-state index contributed by atoms with van der Waals surface area (Å²) in [6, 6.07) is 5.71. The summed E-state index contributed by atoms with van der Waals surface area (Å²) in [5.74, 6) is -0.786. The van der Waals surface area contributed by atoms with E-state index in [0.717, 1.165) is 30.2 Å². The van der Waals surface area contributed by atoms with Crippen molar-refractivity contribution in [2.45, 2.75) is 25.0 Å². The monoisotopic (exact) mass is 287 g/mol. The molecule has 0 unspecified atom stereocenters. The van der Waals surface area contributed by atoms with Gasteiger partial charge in [0.25, 0.3) is 0 Å². The van der Waals surface area contributed by atoms with Gasteiger partial charge in [-0.15, -0.1) is 0 Å². The number of aryl methyl sites for hydroxylation is 1. The fourth-order valence-corrected chi connectivity index (χ4v) is 3.44. The quantitative estimate of drug-likeness (QED) is 0.817. The van der Waals surface area contributed by atoms with Crippen molar-refractivity contribution >= 4 is 16.9 Å². The fraction of sp³-hybridized carbons (Fsp3) is 0.438. The molecule has 0 radical (unpaired) electrons. The predicted molar refractivity (Wildman–Crippen MR) is 76.3 cm³/mol. The van der Waals surface area contributed by atoms with E-state index in [1.807, 2.05) is 12.1 Å². The lowest BCUT2D eigenvalue weighted by atomic mass is 9.90. The molecule has 110 valence electrons. The van der Waals surface area contributed by atoms with Gasteiger partial charge in [-0.1, -0.05) is 12.1 Å². The zero-order chi connectivity index (χ0) is 14.4. The minimum Gasteiger partial charge on any atom is -0.465 e. The van der Waals surface area contributed by atoms with E-state index in [1.165, 1.54) is 18.4 Å². The third-order valence-corrected chi connectivity index (χ3v) is 4.45. The molecule has 1 spiro atoms. The number of hydrogen-bond acceptors (Lipinski definition) is 4. The van der Waals surface area contributed by atoms with Crippen LogP contribution in [-0.4, -0.2) is 37.1 Å². The molecule has 4 rings (SSSR count). The van der Waals surface area contributed by atoms with Gasteiger partial charge in [-0.05, 0) is 18.1 Å². The first kappa shape index (κ1) is 12.9. The van der Waals surface area contributed by atoms with E-state index in [9.17, 15) is 4.79 Å². The highest BCUT2D eigenvalue weighted by Gasteiger charge is 2.41. The number of H-pyrrole nitrogens is 1. The van der Waals surface area contributed by atoms with E-state index in [-0.39, 0.29) is 5.97 Å². The Morgan fingerprint density at radius 1 is 1.33 bits per heavy atom. The number of hydrogen-bond donors (Lipinski definition) is 1. The van der Waals surface area contributed by atoms with Crippen LogP contribution in [0.15, 0.2) is 18.2 Å². The number of carbonyl (C=O) groups excluding carboxylic acids is 1. The van der Waals surface area contributed by atoms with E-state index < -0.39 is 5.79 Å². The van der Waals surface area contributed by atoms with Crippen molar-refractivity contribution in [3.8, 4) is 0 Å². The number of rotatable bonds is 1. The van der Waals surface area contributed by atoms with Crippen LogP contribution in [0, 0.1) is 0 Å². The van der Waals surface area contributed by atoms with Gasteiger partial charge in [-0.25, -0.2) is 4.79 Å². The molecule has 21 heavy (non-hydrogen) atoms. The van der Waals surface area contributed by atoms with Crippen molar-refractivity contribution in [2.24, 2.45) is 0 Å². The van der Waals surface area contributed by atoms with Crippen molar-refractivity contribution in [3.05, 3.63) is 35.0 Å². The molecular formula is C16H17NO4. The largest absolute Gasteiger partial charge is 0.465 e. The Morgan fingerprint density at radius 3 is 2.90 bits per heavy atom. The van der Waals surface area contributed by atoms with Gasteiger partial charge in [0.15, 0.2) is 5.79 Å². The molecule has 0 atom stereocenters. The molecule has 5 nitrogen and oxygen atoms in total. The summed E-state index contributed by atoms with van der Waals surface area (Å²) in [6.45, 7) is 1.32. The Kier molecular flexibility index (Phi) is 2.80. The van der Waals surface area contributed by atoms with Gasteiger partial charge in [-0.2, -0.15) is 0 Å². The Balaban J connectivity index is 1.84. The minimum absolute atomic E-state index is 0.317. The van der Waals surface area contributed by atoms with Crippen LogP contribution in [0.4, 0.5) is 0 Å². The molecule has 5 heteroatoms. The molecule has 1 aromatic carbocycles. The summed E-state index contributed by atoms with van der Waals surface area (Å²) < 4.78 is 16.5. The first-order valence-corrected chi connectivity index (χ1v) is 7.21. The molecular weight excluding hydrogens is 270 g/mol. The minimum atomic E-state index is -0.469. The van der Waals surface area contributed by atoms with E-state index >= 15 is 0 Å². The van der Waals surface area contributed by atoms with Crippen LogP contribution in [0.1, 0.15) is 28.0 Å². The fourth-order valence-electron chi connectivity index (χ4n) is 3.44. The Labute approximate surface area is 122 Å². The maximum absolute atomic E-state index is 11.9. The predicted octanol–water partition coefficient (Wildman–Crippen LogP) is 2.19. The smallest absolute Gasteiger partial charge is 0.339 e. The highest BCUT2D eigenvalue weighted by molar-refractivity contribution is 6.04. The topological polar surface area (TPSA) is 60.6 Å². The van der Waals surface area contributed by atoms with Gasteiger partial charge in [0, 0.05) is 23.9 Å². The number of fused-ring (bicyclic) bond motifs is 3. The van der Waals surface area contributed by atoms with Crippen molar-refractivity contribution in [2.75, 3.05) is 20.3 Å². The van der Waals surface area contributed by atoms with Crippen molar-refractivity contribution < 1.29 is 19.0 Å². The number of nitrogens with one attached hydrogen (secondary N) is 1. The number of para-hydroxylation sites is 1. The normalized spacial score (nSPS) is 19.9. The first-order chi connectivity index (χ1) is 10.2. The lowest BCUT2D eigenvalue weighted by molar-refractivity contribution is -0.163. The Hall–Kier alpha value is -1.85. The zero-order valence-corrected chi connectivity index (χ0v) is 11.9. The van der Waals surface area contributed by atoms with E-state index in [1.54, 1.807) is 6.07 Å². The summed E-state index contributed by atoms with van der Waals surface area (Å²) in [5, 5.41) is 1.06. The van der Waals surface area contributed by atoms with Crippen LogP contribution in [0.3, 0.4) is 0 Å². The molecule has 2 aromatic rings. The molecule has 1 aliphatic carbocycles. The second-order valence-corrected chi connectivity index (χ2v) is 5.59. The zero-order valence-electron chi connectivity index (χ0n) is 11.9. The molecule has 0 bridgehead atoms. The van der Waals surface area contributed by atoms with Crippen LogP contribution >= 0.6 is 0 Å². The van der Waals surface area contributed by atoms with Crippen LogP contribution in [-0.2, 0) is 27.1 Å². The van der Waals surface area contributed by atoms with Gasteiger partial charge in [0.1, 0.15) is 0 Å². The van der Waals surface area contributed by atoms with Gasteiger partial charge in [0.05, 0.1) is 31.4 Å². The average molecular weight is 287 g/mol. The summed E-state index contributed by atoms with van der Waals surface area (Å²) in [5.41, 5.74) is 3.80. The lowest BCUT2D eigenvalue weighted by Crippen LogP contribution is -2.36. The van der Waals surface area contributed by atoms with Crippen molar-refractivity contribution in [3.63, 3.8) is 0 Å². The summed E-state index contributed by atoms with van der Waals surface area (Å²) in [7, 11) is 1.40. The molecule has 2 heterocycles. The maximum Gasteiger partial charge on any atom is 0.339 e. The Bertz CT molecular complexity index is 712. The maximum atomic E-state index is 11.9. The molecule has 1 aliphatic heterocycles. The number of benzene rings is 1. The van der Waals surface area contributed by atoms with Gasteiger partial charge in [-0.3, -0.25) is 0 Å². The molecule has 0 amide bonds. The average Bonchev–Trinajstić information content (AvgIpc) is 3.11. The number of esters is 1.